The van der Waals surface area contributed by atoms with Crippen LogP contribution >= 0.6 is 0 Å². The van der Waals surface area contributed by atoms with Crippen molar-refractivity contribution in [2.75, 3.05) is 12.4 Å². The highest BCUT2D eigenvalue weighted by Gasteiger charge is 2.16. The van der Waals surface area contributed by atoms with Gasteiger partial charge in [-0.3, -0.25) is 0 Å². The molecule has 0 aromatic heterocycles. The third kappa shape index (κ3) is 5.61. The molecule has 19 heavy (non-hydrogen) atoms. The molecule has 1 aromatic rings. The maximum absolute atomic E-state index is 11.1. The molecule has 0 fully saturated rings. The van der Waals surface area contributed by atoms with Crippen molar-refractivity contribution < 1.29 is 13.2 Å². The highest BCUT2D eigenvalue weighted by molar-refractivity contribution is 7.89. The Balaban J connectivity index is 2.70. The summed E-state index contributed by atoms with van der Waals surface area (Å²) in [5.41, 5.74) is 1.13. The molecular weight excluding hydrogens is 262 g/mol. The molecule has 4 nitrogen and oxygen atoms in total. The molecule has 0 saturated carbocycles. The van der Waals surface area contributed by atoms with Gasteiger partial charge in [-0.25, -0.2) is 13.6 Å². The molecule has 5 heteroatoms. The van der Waals surface area contributed by atoms with E-state index in [0.717, 1.165) is 17.7 Å². The van der Waals surface area contributed by atoms with Crippen molar-refractivity contribution in [3.05, 3.63) is 29.8 Å². The zero-order chi connectivity index (χ0) is 14.5. The molecule has 1 unspecified atom stereocenters. The van der Waals surface area contributed by atoms with E-state index < -0.39 is 10.0 Å². The van der Waals surface area contributed by atoms with Crippen LogP contribution in [0.4, 0.5) is 0 Å². The van der Waals surface area contributed by atoms with Gasteiger partial charge in [0, 0.05) is 5.92 Å². The van der Waals surface area contributed by atoms with Crippen LogP contribution in [-0.4, -0.2) is 20.8 Å². The van der Waals surface area contributed by atoms with Crippen LogP contribution in [0.5, 0.6) is 5.75 Å². The average molecular weight is 285 g/mol. The van der Waals surface area contributed by atoms with Crippen molar-refractivity contribution in [2.45, 2.75) is 33.1 Å². The molecule has 0 amide bonds. The minimum atomic E-state index is -3.45. The van der Waals surface area contributed by atoms with Gasteiger partial charge < -0.3 is 4.74 Å². The van der Waals surface area contributed by atoms with Crippen molar-refractivity contribution in [2.24, 2.45) is 11.1 Å². The van der Waals surface area contributed by atoms with Gasteiger partial charge in [0.25, 0.3) is 0 Å². The minimum absolute atomic E-state index is 0.0344. The Labute approximate surface area is 116 Å². The fraction of sp³-hybridized carbons (Fsp3) is 0.571. The zero-order valence-corrected chi connectivity index (χ0v) is 12.6. The lowest BCUT2D eigenvalue weighted by Gasteiger charge is -2.18. The average Bonchev–Trinajstić information content (AvgIpc) is 2.33. The van der Waals surface area contributed by atoms with Gasteiger partial charge >= 0.3 is 0 Å². The first-order valence-corrected chi connectivity index (χ1v) is 8.27. The van der Waals surface area contributed by atoms with Crippen LogP contribution in [0.25, 0.3) is 0 Å². The lowest BCUT2D eigenvalue weighted by Crippen LogP contribution is -2.26. The normalized spacial score (nSPS) is 13.5. The van der Waals surface area contributed by atoms with Crippen LogP contribution < -0.4 is 9.88 Å². The number of rotatable bonds is 7. The van der Waals surface area contributed by atoms with E-state index in [1.807, 2.05) is 31.2 Å². The van der Waals surface area contributed by atoms with Gasteiger partial charge in [-0.05, 0) is 24.0 Å². The molecule has 1 aromatic carbocycles. The Bertz CT molecular complexity index is 497. The molecule has 0 bridgehead atoms. The molecule has 1 rings (SSSR count). The third-order valence-corrected chi connectivity index (χ3v) is 4.00. The first-order valence-electron chi connectivity index (χ1n) is 6.55. The Morgan fingerprint density at radius 3 is 2.42 bits per heavy atom. The van der Waals surface area contributed by atoms with Gasteiger partial charge in [-0.2, -0.15) is 0 Å². The summed E-state index contributed by atoms with van der Waals surface area (Å²) in [6.07, 6.45) is 0.722. The van der Waals surface area contributed by atoms with Crippen molar-refractivity contribution in [1.82, 2.24) is 0 Å². The third-order valence-electron chi connectivity index (χ3n) is 3.06. The number of primary sulfonamides is 1. The van der Waals surface area contributed by atoms with Crippen molar-refractivity contribution >= 4 is 10.0 Å². The van der Waals surface area contributed by atoms with E-state index >= 15 is 0 Å². The Kier molecular flexibility index (Phi) is 5.82. The van der Waals surface area contributed by atoms with Crippen LogP contribution in [0.2, 0.25) is 0 Å². The SMILES string of the molecule is CCC(COc1ccccc1C(C)C)CS(N)(=O)=O. The van der Waals surface area contributed by atoms with Gasteiger partial charge in [-0.1, -0.05) is 39.0 Å². The number of benzene rings is 1. The van der Waals surface area contributed by atoms with Gasteiger partial charge in [0.05, 0.1) is 12.4 Å². The Morgan fingerprint density at radius 2 is 1.89 bits per heavy atom. The molecule has 0 aliphatic rings. The summed E-state index contributed by atoms with van der Waals surface area (Å²) < 4.78 is 28.0. The quantitative estimate of drug-likeness (QED) is 0.837. The molecule has 0 spiro atoms. The highest BCUT2D eigenvalue weighted by Crippen LogP contribution is 2.26. The monoisotopic (exact) mass is 285 g/mol. The summed E-state index contributed by atoms with van der Waals surface area (Å²) in [6.45, 7) is 6.51. The summed E-state index contributed by atoms with van der Waals surface area (Å²) >= 11 is 0. The summed E-state index contributed by atoms with van der Waals surface area (Å²) in [6, 6.07) is 7.84. The van der Waals surface area contributed by atoms with Crippen molar-refractivity contribution in [3.63, 3.8) is 0 Å². The van der Waals surface area contributed by atoms with Crippen molar-refractivity contribution in [3.8, 4) is 5.75 Å². The predicted molar refractivity (Wildman–Crippen MR) is 77.8 cm³/mol. The van der Waals surface area contributed by atoms with Gasteiger partial charge in [0.2, 0.25) is 10.0 Å². The number of hydrogen-bond acceptors (Lipinski definition) is 3. The van der Waals surface area contributed by atoms with Gasteiger partial charge in [0.15, 0.2) is 0 Å². The van der Waals surface area contributed by atoms with Gasteiger partial charge in [0.1, 0.15) is 5.75 Å². The number of nitrogens with two attached hydrogens (primary N) is 1. The van der Waals surface area contributed by atoms with Crippen LogP contribution in [0, 0.1) is 5.92 Å². The van der Waals surface area contributed by atoms with E-state index in [9.17, 15) is 8.42 Å². The summed E-state index contributed by atoms with van der Waals surface area (Å²) in [4.78, 5) is 0. The maximum Gasteiger partial charge on any atom is 0.209 e. The first kappa shape index (κ1) is 16.0. The van der Waals surface area contributed by atoms with Crippen molar-refractivity contribution in [1.29, 1.82) is 0 Å². The Hall–Kier alpha value is -1.07. The maximum atomic E-state index is 11.1. The van der Waals surface area contributed by atoms with E-state index in [-0.39, 0.29) is 11.7 Å². The fourth-order valence-electron chi connectivity index (χ4n) is 1.91. The van der Waals surface area contributed by atoms with E-state index in [2.05, 4.69) is 13.8 Å². The second-order valence-corrected chi connectivity index (χ2v) is 6.77. The number of para-hydroxylation sites is 1. The molecular formula is C14H23NO3S. The molecule has 0 aliphatic heterocycles. The smallest absolute Gasteiger partial charge is 0.209 e. The largest absolute Gasteiger partial charge is 0.493 e. The molecule has 0 saturated heterocycles. The minimum Gasteiger partial charge on any atom is -0.493 e. The predicted octanol–water partition coefficient (Wildman–Crippen LogP) is 2.50. The van der Waals surface area contributed by atoms with E-state index in [1.165, 1.54) is 0 Å². The summed E-state index contributed by atoms with van der Waals surface area (Å²) in [5.74, 6) is 1.09. The standard InChI is InChI=1S/C14H23NO3S/c1-4-12(10-19(15,16)17)9-18-14-8-6-5-7-13(14)11(2)3/h5-8,11-12H,4,9-10H2,1-3H3,(H2,15,16,17). The molecule has 2 N–H and O–H groups in total. The van der Waals surface area contributed by atoms with E-state index in [0.29, 0.717) is 12.5 Å². The molecule has 108 valence electrons. The van der Waals surface area contributed by atoms with Gasteiger partial charge in [-0.15, -0.1) is 0 Å². The van der Waals surface area contributed by atoms with Crippen LogP contribution in [0.1, 0.15) is 38.7 Å². The lowest BCUT2D eigenvalue weighted by molar-refractivity contribution is 0.254. The summed E-state index contributed by atoms with van der Waals surface area (Å²) in [5, 5.41) is 5.08. The number of sulfonamides is 1. The molecule has 0 radical (unpaired) electrons. The Morgan fingerprint density at radius 1 is 1.26 bits per heavy atom. The number of hydrogen-bond donors (Lipinski definition) is 1. The molecule has 0 heterocycles. The van der Waals surface area contributed by atoms with E-state index in [1.54, 1.807) is 0 Å². The highest BCUT2D eigenvalue weighted by atomic mass is 32.2. The fourth-order valence-corrected chi connectivity index (χ4v) is 2.90. The number of ether oxygens (including phenoxy) is 1. The second-order valence-electron chi connectivity index (χ2n) is 5.11. The molecule has 0 aliphatic carbocycles. The van der Waals surface area contributed by atoms with Crippen LogP contribution in [0.15, 0.2) is 24.3 Å². The zero-order valence-electron chi connectivity index (χ0n) is 11.8. The first-order chi connectivity index (χ1) is 8.83. The van der Waals surface area contributed by atoms with Crippen LogP contribution in [-0.2, 0) is 10.0 Å². The summed E-state index contributed by atoms with van der Waals surface area (Å²) in [7, 11) is -3.45. The van der Waals surface area contributed by atoms with E-state index in [4.69, 9.17) is 9.88 Å². The van der Waals surface area contributed by atoms with Crippen LogP contribution in [0.3, 0.4) is 0 Å². The lowest BCUT2D eigenvalue weighted by atomic mass is 10.0. The molecule has 1 atom stereocenters. The topological polar surface area (TPSA) is 69.4 Å². The second kappa shape index (κ2) is 6.91.